The van der Waals surface area contributed by atoms with Crippen LogP contribution in [-0.2, 0) is 0 Å². The summed E-state index contributed by atoms with van der Waals surface area (Å²) in [5.41, 5.74) is -0.444. The van der Waals surface area contributed by atoms with Crippen molar-refractivity contribution in [3.05, 3.63) is 38.9 Å². The van der Waals surface area contributed by atoms with Crippen LogP contribution in [0, 0.1) is 10.1 Å². The molecular formula is C11H11ClF2N2O4. The molecule has 0 fully saturated rings. The van der Waals surface area contributed by atoms with E-state index in [0.29, 0.717) is 0 Å². The smallest absolute Gasteiger partial charge is 0.270 e. The lowest BCUT2D eigenvalue weighted by atomic mass is 10.1. The van der Waals surface area contributed by atoms with Crippen LogP contribution in [0.1, 0.15) is 10.4 Å². The molecule has 0 atom stereocenters. The van der Waals surface area contributed by atoms with Crippen molar-refractivity contribution in [3.63, 3.8) is 0 Å². The molecule has 0 aliphatic carbocycles. The van der Waals surface area contributed by atoms with Crippen LogP contribution >= 0.6 is 11.6 Å². The van der Waals surface area contributed by atoms with E-state index in [9.17, 15) is 23.7 Å². The minimum atomic E-state index is -2.76. The number of rotatable bonds is 6. The maximum absolute atomic E-state index is 12.4. The van der Waals surface area contributed by atoms with Crippen LogP contribution < -0.4 is 0 Å². The first-order chi connectivity index (χ1) is 9.36. The molecule has 6 nitrogen and oxygen atoms in total. The standard InChI is InChI=1S/C11H11ClF2N2O4/c12-9-5-7(16(19)20)1-2-8(9)11(18)15(3-4-17)6-10(13)14/h1-2,5,10,17H,3-4,6H2. The summed E-state index contributed by atoms with van der Waals surface area (Å²) in [4.78, 5) is 22.6. The van der Waals surface area contributed by atoms with Crippen molar-refractivity contribution in [2.24, 2.45) is 0 Å². The molecule has 1 N–H and O–H groups in total. The van der Waals surface area contributed by atoms with E-state index in [1.807, 2.05) is 0 Å². The van der Waals surface area contributed by atoms with Crippen LogP contribution in [0.4, 0.5) is 14.5 Å². The van der Waals surface area contributed by atoms with Crippen molar-refractivity contribution in [2.45, 2.75) is 6.43 Å². The molecule has 1 rings (SSSR count). The highest BCUT2D eigenvalue weighted by molar-refractivity contribution is 6.34. The Balaban J connectivity index is 3.02. The Labute approximate surface area is 117 Å². The van der Waals surface area contributed by atoms with E-state index in [0.717, 1.165) is 23.1 Å². The van der Waals surface area contributed by atoms with Crippen molar-refractivity contribution in [2.75, 3.05) is 19.7 Å². The van der Waals surface area contributed by atoms with Gasteiger partial charge in [-0.1, -0.05) is 11.6 Å². The van der Waals surface area contributed by atoms with Crippen molar-refractivity contribution < 1.29 is 23.6 Å². The van der Waals surface area contributed by atoms with E-state index in [4.69, 9.17) is 16.7 Å². The molecule has 0 saturated heterocycles. The lowest BCUT2D eigenvalue weighted by Gasteiger charge is -2.21. The highest BCUT2D eigenvalue weighted by Gasteiger charge is 2.22. The summed E-state index contributed by atoms with van der Waals surface area (Å²) in [6.45, 7) is -1.62. The van der Waals surface area contributed by atoms with Crippen molar-refractivity contribution in [3.8, 4) is 0 Å². The minimum absolute atomic E-state index is 0.133. The number of carbonyl (C=O) groups is 1. The Morgan fingerprint density at radius 1 is 1.50 bits per heavy atom. The summed E-state index contributed by atoms with van der Waals surface area (Å²) < 4.78 is 24.7. The van der Waals surface area contributed by atoms with Gasteiger partial charge in [-0.25, -0.2) is 8.78 Å². The largest absolute Gasteiger partial charge is 0.395 e. The topological polar surface area (TPSA) is 83.7 Å². The monoisotopic (exact) mass is 308 g/mol. The van der Waals surface area contributed by atoms with Gasteiger partial charge < -0.3 is 10.0 Å². The molecule has 9 heteroatoms. The second kappa shape index (κ2) is 7.11. The number of nitro benzene ring substituents is 1. The Morgan fingerprint density at radius 2 is 2.15 bits per heavy atom. The molecule has 110 valence electrons. The van der Waals surface area contributed by atoms with E-state index in [1.54, 1.807) is 0 Å². The van der Waals surface area contributed by atoms with Crippen LogP contribution in [0.3, 0.4) is 0 Å². The summed E-state index contributed by atoms with van der Waals surface area (Å²) in [6, 6.07) is 3.12. The zero-order valence-electron chi connectivity index (χ0n) is 10.1. The summed E-state index contributed by atoms with van der Waals surface area (Å²) in [5, 5.41) is 19.1. The quantitative estimate of drug-likeness (QED) is 0.643. The Kier molecular flexibility index (Phi) is 5.78. The van der Waals surface area contributed by atoms with E-state index in [2.05, 4.69) is 0 Å². The fraction of sp³-hybridized carbons (Fsp3) is 0.364. The molecule has 0 bridgehead atoms. The predicted molar refractivity (Wildman–Crippen MR) is 67.1 cm³/mol. The van der Waals surface area contributed by atoms with E-state index in [-0.39, 0.29) is 22.8 Å². The summed E-state index contributed by atoms with van der Waals surface area (Å²) in [6.07, 6.45) is -2.76. The highest BCUT2D eigenvalue weighted by atomic mass is 35.5. The minimum Gasteiger partial charge on any atom is -0.395 e. The molecule has 0 aliphatic heterocycles. The number of benzene rings is 1. The molecule has 0 spiro atoms. The van der Waals surface area contributed by atoms with Gasteiger partial charge in [-0.05, 0) is 6.07 Å². The van der Waals surface area contributed by atoms with Crippen LogP contribution in [0.5, 0.6) is 0 Å². The van der Waals surface area contributed by atoms with E-state index < -0.39 is 30.4 Å². The number of aliphatic hydroxyl groups is 1. The molecule has 0 saturated carbocycles. The number of nitro groups is 1. The van der Waals surface area contributed by atoms with Crippen molar-refractivity contribution in [1.29, 1.82) is 0 Å². The van der Waals surface area contributed by atoms with Gasteiger partial charge in [-0.15, -0.1) is 0 Å². The van der Waals surface area contributed by atoms with Gasteiger partial charge in [0.25, 0.3) is 18.0 Å². The van der Waals surface area contributed by atoms with Gasteiger partial charge in [0.2, 0.25) is 0 Å². The summed E-state index contributed by atoms with van der Waals surface area (Å²) in [7, 11) is 0. The van der Waals surface area contributed by atoms with Crippen LogP contribution in [0.2, 0.25) is 5.02 Å². The Bertz CT molecular complexity index is 513. The molecule has 0 unspecified atom stereocenters. The summed E-state index contributed by atoms with van der Waals surface area (Å²) >= 11 is 5.75. The molecule has 1 amide bonds. The number of alkyl halides is 2. The fourth-order valence-electron chi connectivity index (χ4n) is 1.52. The average Bonchev–Trinajstić information content (AvgIpc) is 2.36. The van der Waals surface area contributed by atoms with Crippen molar-refractivity contribution in [1.82, 2.24) is 4.90 Å². The van der Waals surface area contributed by atoms with Gasteiger partial charge in [0.1, 0.15) is 0 Å². The first kappa shape index (κ1) is 16.3. The first-order valence-corrected chi connectivity index (χ1v) is 5.86. The number of hydrogen-bond donors (Lipinski definition) is 1. The molecule has 1 aromatic carbocycles. The number of halogens is 3. The molecule has 0 aromatic heterocycles. The second-order valence-corrected chi connectivity index (χ2v) is 4.19. The molecule has 1 aromatic rings. The van der Waals surface area contributed by atoms with Gasteiger partial charge in [-0.3, -0.25) is 14.9 Å². The maximum Gasteiger partial charge on any atom is 0.270 e. The van der Waals surface area contributed by atoms with Crippen LogP contribution in [0.15, 0.2) is 18.2 Å². The number of aliphatic hydroxyl groups excluding tert-OH is 1. The Morgan fingerprint density at radius 3 is 2.60 bits per heavy atom. The third-order valence-electron chi connectivity index (χ3n) is 2.41. The third kappa shape index (κ3) is 4.10. The summed E-state index contributed by atoms with van der Waals surface area (Å²) in [5.74, 6) is -0.820. The molecule has 0 radical (unpaired) electrons. The van der Waals surface area contributed by atoms with Crippen LogP contribution in [0.25, 0.3) is 0 Å². The normalized spacial score (nSPS) is 10.7. The third-order valence-corrected chi connectivity index (χ3v) is 2.72. The SMILES string of the molecule is O=C(c1ccc([N+](=O)[O-])cc1Cl)N(CCO)CC(F)F. The second-order valence-electron chi connectivity index (χ2n) is 3.79. The average molecular weight is 309 g/mol. The number of amides is 1. The van der Waals surface area contributed by atoms with E-state index in [1.165, 1.54) is 0 Å². The van der Waals surface area contributed by atoms with Crippen LogP contribution in [-0.4, -0.2) is 47.0 Å². The molecule has 20 heavy (non-hydrogen) atoms. The Hall–Kier alpha value is -1.80. The van der Waals surface area contributed by atoms with Crippen molar-refractivity contribution >= 4 is 23.2 Å². The number of hydrogen-bond acceptors (Lipinski definition) is 4. The maximum atomic E-state index is 12.4. The molecule has 0 aliphatic rings. The lowest BCUT2D eigenvalue weighted by molar-refractivity contribution is -0.384. The number of nitrogens with zero attached hydrogens (tertiary/aromatic N) is 2. The van der Waals surface area contributed by atoms with Gasteiger partial charge in [0.15, 0.2) is 0 Å². The fourth-order valence-corrected chi connectivity index (χ4v) is 1.78. The zero-order valence-corrected chi connectivity index (χ0v) is 10.9. The molecular weight excluding hydrogens is 298 g/mol. The lowest BCUT2D eigenvalue weighted by Crippen LogP contribution is -2.37. The van der Waals surface area contributed by atoms with Gasteiger partial charge >= 0.3 is 0 Å². The number of non-ortho nitro benzene ring substituents is 1. The highest BCUT2D eigenvalue weighted by Crippen LogP contribution is 2.23. The van der Waals surface area contributed by atoms with Gasteiger partial charge in [0.05, 0.1) is 28.7 Å². The van der Waals surface area contributed by atoms with Gasteiger partial charge in [0, 0.05) is 18.7 Å². The predicted octanol–water partition coefficient (Wildman–Crippen LogP) is 1.95. The molecule has 0 heterocycles. The first-order valence-electron chi connectivity index (χ1n) is 5.49. The zero-order chi connectivity index (χ0) is 15.3. The van der Waals surface area contributed by atoms with Gasteiger partial charge in [-0.2, -0.15) is 0 Å². The number of carbonyl (C=O) groups excluding carboxylic acids is 1. The van der Waals surface area contributed by atoms with E-state index >= 15 is 0 Å².